The van der Waals surface area contributed by atoms with Gasteiger partial charge in [0.2, 0.25) is 17.7 Å². The second kappa shape index (κ2) is 4.55. The van der Waals surface area contributed by atoms with Crippen LogP contribution in [0.2, 0.25) is 0 Å². The molecular weight excluding hydrogens is 268 g/mol. The number of likely N-dealkylation sites (tertiary alicyclic amines) is 1. The molecule has 2 fully saturated rings. The third kappa shape index (κ3) is 1.88. The van der Waals surface area contributed by atoms with Crippen LogP contribution >= 0.6 is 0 Å². The van der Waals surface area contributed by atoms with Crippen LogP contribution in [0.1, 0.15) is 18.9 Å². The lowest BCUT2D eigenvalue weighted by molar-refractivity contribution is -0.141. The number of anilines is 1. The van der Waals surface area contributed by atoms with Crippen LogP contribution in [0, 0.1) is 5.92 Å². The van der Waals surface area contributed by atoms with Gasteiger partial charge in [0, 0.05) is 19.2 Å². The maximum Gasteiger partial charge on any atom is 0.240 e. The molecule has 1 aliphatic heterocycles. The van der Waals surface area contributed by atoms with E-state index in [-0.39, 0.29) is 30.2 Å². The fourth-order valence-electron chi connectivity index (χ4n) is 3.13. The summed E-state index contributed by atoms with van der Waals surface area (Å²) in [5.41, 5.74) is 0.834. The van der Waals surface area contributed by atoms with Gasteiger partial charge in [0.15, 0.2) is 0 Å². The molecule has 0 spiro atoms. The Morgan fingerprint density at radius 3 is 2.67 bits per heavy atom. The summed E-state index contributed by atoms with van der Waals surface area (Å²) in [6.07, 6.45) is 2.14. The summed E-state index contributed by atoms with van der Waals surface area (Å²) < 4.78 is 0. The molecule has 5 heteroatoms. The highest BCUT2D eigenvalue weighted by molar-refractivity contribution is 6.15. The first-order chi connectivity index (χ1) is 10.0. The van der Waals surface area contributed by atoms with Crippen molar-refractivity contribution in [1.29, 1.82) is 0 Å². The van der Waals surface area contributed by atoms with Gasteiger partial charge in [0.1, 0.15) is 0 Å². The Hall–Kier alpha value is -2.43. The number of hydrogen-bond donors (Lipinski definition) is 1. The van der Waals surface area contributed by atoms with E-state index in [9.17, 15) is 14.4 Å². The minimum atomic E-state index is -0.686. The molecule has 0 radical (unpaired) electrons. The van der Waals surface area contributed by atoms with Crippen molar-refractivity contribution >= 4 is 23.4 Å². The number of carbonyl (C=O) groups excluding carboxylic acids is 3. The number of piperidine rings is 1. The van der Waals surface area contributed by atoms with Gasteiger partial charge < -0.3 is 5.32 Å². The van der Waals surface area contributed by atoms with Gasteiger partial charge in [0.05, 0.1) is 11.3 Å². The Morgan fingerprint density at radius 2 is 2.10 bits per heavy atom. The van der Waals surface area contributed by atoms with Crippen LogP contribution < -0.4 is 5.32 Å². The lowest BCUT2D eigenvalue weighted by Gasteiger charge is -2.18. The Morgan fingerprint density at radius 1 is 1.43 bits per heavy atom. The summed E-state index contributed by atoms with van der Waals surface area (Å²) in [5, 5.41) is 2.68. The molecule has 3 rings (SSSR count). The molecule has 1 aliphatic carbocycles. The van der Waals surface area contributed by atoms with Crippen molar-refractivity contribution in [2.75, 3.05) is 11.9 Å². The van der Waals surface area contributed by atoms with Crippen LogP contribution in [0.3, 0.4) is 0 Å². The zero-order valence-corrected chi connectivity index (χ0v) is 11.8. The van der Waals surface area contributed by atoms with Crippen LogP contribution in [0.5, 0.6) is 0 Å². The van der Waals surface area contributed by atoms with Crippen LogP contribution in [-0.4, -0.2) is 29.2 Å². The van der Waals surface area contributed by atoms with Crippen molar-refractivity contribution in [2.45, 2.75) is 18.8 Å². The van der Waals surface area contributed by atoms with E-state index >= 15 is 0 Å². The van der Waals surface area contributed by atoms with Crippen molar-refractivity contribution in [1.82, 2.24) is 4.90 Å². The Kier molecular flexibility index (Phi) is 2.93. The van der Waals surface area contributed by atoms with Crippen molar-refractivity contribution < 1.29 is 14.4 Å². The molecule has 1 aromatic rings. The minimum absolute atomic E-state index is 0.106. The number of nitrogens with zero attached hydrogens (tertiary/aromatic N) is 1. The summed E-state index contributed by atoms with van der Waals surface area (Å²) in [6.45, 7) is 5.29. The molecule has 21 heavy (non-hydrogen) atoms. The van der Waals surface area contributed by atoms with E-state index in [1.807, 2.05) is 12.1 Å². The minimum Gasteiger partial charge on any atom is -0.326 e. The van der Waals surface area contributed by atoms with Gasteiger partial charge in [-0.1, -0.05) is 18.2 Å². The molecule has 1 heterocycles. The lowest BCUT2D eigenvalue weighted by atomic mass is 9.94. The number of amides is 3. The third-order valence-electron chi connectivity index (χ3n) is 4.18. The van der Waals surface area contributed by atoms with Crippen LogP contribution in [0.25, 0.3) is 0 Å². The number of carbonyl (C=O) groups is 3. The molecule has 0 aromatic heterocycles. The Balaban J connectivity index is 1.88. The Labute approximate surface area is 122 Å². The second-order valence-electron chi connectivity index (χ2n) is 5.53. The highest BCUT2D eigenvalue weighted by Crippen LogP contribution is 2.60. The largest absolute Gasteiger partial charge is 0.326 e. The first-order valence-corrected chi connectivity index (χ1v) is 6.85. The van der Waals surface area contributed by atoms with Gasteiger partial charge in [-0.3, -0.25) is 19.3 Å². The predicted molar refractivity (Wildman–Crippen MR) is 77.4 cm³/mol. The number of hydrogen-bond acceptors (Lipinski definition) is 3. The van der Waals surface area contributed by atoms with E-state index in [1.54, 1.807) is 18.2 Å². The van der Waals surface area contributed by atoms with E-state index in [0.717, 1.165) is 5.56 Å². The number of nitrogens with one attached hydrogen (secondary N) is 1. The summed E-state index contributed by atoms with van der Waals surface area (Å²) in [6, 6.07) is 7.14. The lowest BCUT2D eigenvalue weighted by Crippen LogP contribution is -2.36. The number of rotatable bonds is 4. The van der Waals surface area contributed by atoms with Gasteiger partial charge in [0.25, 0.3) is 0 Å². The first kappa shape index (κ1) is 13.5. The van der Waals surface area contributed by atoms with Gasteiger partial charge in [-0.15, -0.1) is 6.58 Å². The second-order valence-corrected chi connectivity index (χ2v) is 5.53. The first-order valence-electron chi connectivity index (χ1n) is 6.85. The monoisotopic (exact) mass is 284 g/mol. The molecule has 2 unspecified atom stereocenters. The van der Waals surface area contributed by atoms with Gasteiger partial charge in [-0.05, 0) is 24.1 Å². The van der Waals surface area contributed by atoms with Gasteiger partial charge in [-0.25, -0.2) is 0 Å². The zero-order chi connectivity index (χ0) is 15.2. The van der Waals surface area contributed by atoms with E-state index in [0.29, 0.717) is 12.1 Å². The molecule has 2 atom stereocenters. The number of benzene rings is 1. The summed E-state index contributed by atoms with van der Waals surface area (Å²) in [7, 11) is 0. The quantitative estimate of drug-likeness (QED) is 0.672. The summed E-state index contributed by atoms with van der Waals surface area (Å²) in [5.74, 6) is -0.624. The molecule has 1 N–H and O–H groups in total. The average Bonchev–Trinajstić information content (AvgIpc) is 3.16. The maximum atomic E-state index is 12.5. The topological polar surface area (TPSA) is 66.5 Å². The predicted octanol–water partition coefficient (Wildman–Crippen LogP) is 1.46. The van der Waals surface area contributed by atoms with E-state index in [4.69, 9.17) is 0 Å². The normalized spacial score (nSPS) is 26.5. The van der Waals surface area contributed by atoms with Crippen molar-refractivity contribution in [3.8, 4) is 0 Å². The molecule has 3 amide bonds. The molecule has 2 aliphatic rings. The highest BCUT2D eigenvalue weighted by Gasteiger charge is 2.72. The van der Waals surface area contributed by atoms with Crippen molar-refractivity contribution in [3.05, 3.63) is 42.5 Å². The fourth-order valence-corrected chi connectivity index (χ4v) is 3.13. The summed E-state index contributed by atoms with van der Waals surface area (Å²) in [4.78, 5) is 36.9. The Bertz CT molecular complexity index is 650. The van der Waals surface area contributed by atoms with Gasteiger partial charge >= 0.3 is 0 Å². The van der Waals surface area contributed by atoms with Crippen molar-refractivity contribution in [2.24, 2.45) is 5.92 Å². The summed E-state index contributed by atoms with van der Waals surface area (Å²) >= 11 is 0. The maximum absolute atomic E-state index is 12.5. The molecule has 1 aromatic carbocycles. The van der Waals surface area contributed by atoms with Crippen molar-refractivity contribution in [3.63, 3.8) is 0 Å². The van der Waals surface area contributed by atoms with E-state index in [1.165, 1.54) is 11.8 Å². The smallest absolute Gasteiger partial charge is 0.240 e. The SMILES string of the molecule is C=CCN1C(=O)C2CC2(c2ccc(NC(C)=O)cc2)C1=O. The fraction of sp³-hybridized carbons (Fsp3) is 0.312. The average molecular weight is 284 g/mol. The third-order valence-corrected chi connectivity index (χ3v) is 4.18. The van der Waals surface area contributed by atoms with Crippen LogP contribution in [0.4, 0.5) is 5.69 Å². The molecular formula is C16H16N2O3. The van der Waals surface area contributed by atoms with E-state index < -0.39 is 5.41 Å². The number of fused-ring (bicyclic) bond motifs is 1. The molecule has 108 valence electrons. The van der Waals surface area contributed by atoms with Crippen LogP contribution in [-0.2, 0) is 19.8 Å². The van der Waals surface area contributed by atoms with E-state index in [2.05, 4.69) is 11.9 Å². The molecule has 0 bridgehead atoms. The number of imide groups is 1. The standard InChI is InChI=1S/C16H16N2O3/c1-3-8-18-14(20)13-9-16(13,15(18)21)11-4-6-12(7-5-11)17-10(2)19/h3-7,13H,1,8-9H2,2H3,(H,17,19). The van der Waals surface area contributed by atoms with Crippen LogP contribution in [0.15, 0.2) is 36.9 Å². The molecule has 1 saturated heterocycles. The highest BCUT2D eigenvalue weighted by atomic mass is 16.2. The zero-order valence-electron chi connectivity index (χ0n) is 11.8. The molecule has 5 nitrogen and oxygen atoms in total. The molecule has 1 saturated carbocycles. The van der Waals surface area contributed by atoms with Gasteiger partial charge in [-0.2, -0.15) is 0 Å².